The molecule has 0 radical (unpaired) electrons. The Morgan fingerprint density at radius 2 is 1.77 bits per heavy atom. The van der Waals surface area contributed by atoms with Crippen molar-refractivity contribution in [1.29, 1.82) is 0 Å². The Hall–Kier alpha value is -2.62. The van der Waals surface area contributed by atoms with Gasteiger partial charge in [0, 0.05) is 18.3 Å². The quantitative estimate of drug-likeness (QED) is 0.856. The Kier molecular flexibility index (Phi) is 4.86. The van der Waals surface area contributed by atoms with Gasteiger partial charge < -0.3 is 10.2 Å². The highest BCUT2D eigenvalue weighted by Gasteiger charge is 2.43. The first-order valence-corrected chi connectivity index (χ1v) is 9.06. The molecule has 1 aliphatic rings. The number of fused-ring (bicyclic) bond motifs is 1. The van der Waals surface area contributed by atoms with Crippen molar-refractivity contribution >= 4 is 17.5 Å². The van der Waals surface area contributed by atoms with Crippen LogP contribution in [-0.4, -0.2) is 17.9 Å². The molecule has 1 atom stereocenters. The van der Waals surface area contributed by atoms with E-state index in [0.29, 0.717) is 6.54 Å². The second kappa shape index (κ2) is 6.94. The molecule has 0 aromatic heterocycles. The molecule has 2 aromatic carbocycles. The van der Waals surface area contributed by atoms with Gasteiger partial charge in [-0.05, 0) is 51.3 Å². The fourth-order valence-corrected chi connectivity index (χ4v) is 3.38. The molecule has 0 aliphatic carbocycles. The van der Waals surface area contributed by atoms with Crippen molar-refractivity contribution in [1.82, 2.24) is 5.32 Å². The van der Waals surface area contributed by atoms with E-state index in [4.69, 9.17) is 0 Å². The largest absolute Gasteiger partial charge is 0.351 e. The van der Waals surface area contributed by atoms with Crippen LogP contribution in [0.4, 0.5) is 5.69 Å². The van der Waals surface area contributed by atoms with Gasteiger partial charge in [0.15, 0.2) is 0 Å². The maximum absolute atomic E-state index is 13.2. The Morgan fingerprint density at radius 3 is 2.46 bits per heavy atom. The van der Waals surface area contributed by atoms with Crippen LogP contribution in [0.2, 0.25) is 0 Å². The summed E-state index contributed by atoms with van der Waals surface area (Å²) in [6.07, 6.45) is 0.822. The molecule has 1 aliphatic heterocycles. The van der Waals surface area contributed by atoms with Gasteiger partial charge in [-0.3, -0.25) is 9.59 Å². The Bertz CT molecular complexity index is 824. The lowest BCUT2D eigenvalue weighted by Gasteiger charge is -2.31. The molecule has 0 saturated carbocycles. The van der Waals surface area contributed by atoms with E-state index < -0.39 is 5.41 Å². The SMILES string of the molecule is Cc1ccc(CNC(=O)C(C)(C)C(=O)N2c3ccccc3CC2C)cc1. The number of carbonyl (C=O) groups excluding carboxylic acids is 2. The Morgan fingerprint density at radius 1 is 1.12 bits per heavy atom. The van der Waals surface area contributed by atoms with Crippen molar-refractivity contribution in [2.24, 2.45) is 5.41 Å². The van der Waals surface area contributed by atoms with Gasteiger partial charge in [-0.25, -0.2) is 0 Å². The number of aryl methyl sites for hydroxylation is 1. The molecule has 1 N–H and O–H groups in total. The molecule has 4 nitrogen and oxygen atoms in total. The number of nitrogens with one attached hydrogen (secondary N) is 1. The highest BCUT2D eigenvalue weighted by Crippen LogP contribution is 2.35. The van der Waals surface area contributed by atoms with Crippen LogP contribution in [0.25, 0.3) is 0 Å². The zero-order chi connectivity index (χ0) is 18.9. The van der Waals surface area contributed by atoms with Gasteiger partial charge in [0.2, 0.25) is 11.8 Å². The summed E-state index contributed by atoms with van der Waals surface area (Å²) in [6.45, 7) is 7.88. The summed E-state index contributed by atoms with van der Waals surface area (Å²) in [5.74, 6) is -0.406. The van der Waals surface area contributed by atoms with E-state index in [1.807, 2.05) is 62.4 Å². The molecular formula is C22H26N2O2. The fraction of sp³-hybridized carbons (Fsp3) is 0.364. The topological polar surface area (TPSA) is 49.4 Å². The molecule has 1 heterocycles. The van der Waals surface area contributed by atoms with Gasteiger partial charge in [-0.2, -0.15) is 0 Å². The van der Waals surface area contributed by atoms with Gasteiger partial charge in [-0.1, -0.05) is 48.0 Å². The number of benzene rings is 2. The molecule has 0 bridgehead atoms. The summed E-state index contributed by atoms with van der Waals surface area (Å²) in [4.78, 5) is 27.7. The number of anilines is 1. The lowest BCUT2D eigenvalue weighted by molar-refractivity contribution is -0.140. The van der Waals surface area contributed by atoms with Crippen LogP contribution < -0.4 is 10.2 Å². The van der Waals surface area contributed by atoms with Crippen LogP contribution in [0.3, 0.4) is 0 Å². The summed E-state index contributed by atoms with van der Waals surface area (Å²) in [5, 5.41) is 2.92. The van der Waals surface area contributed by atoms with Crippen LogP contribution in [0, 0.1) is 12.3 Å². The number of rotatable bonds is 4. The minimum Gasteiger partial charge on any atom is -0.351 e. The second-order valence-electron chi connectivity index (χ2n) is 7.65. The number of amides is 2. The predicted molar refractivity (Wildman–Crippen MR) is 104 cm³/mol. The Balaban J connectivity index is 1.73. The van der Waals surface area contributed by atoms with E-state index in [1.54, 1.807) is 18.7 Å². The lowest BCUT2D eigenvalue weighted by Crippen LogP contribution is -2.51. The number of carbonyl (C=O) groups is 2. The predicted octanol–water partition coefficient (Wildman–Crippen LogP) is 3.62. The molecule has 26 heavy (non-hydrogen) atoms. The van der Waals surface area contributed by atoms with Crippen LogP contribution in [0.15, 0.2) is 48.5 Å². The molecule has 0 saturated heterocycles. The maximum atomic E-state index is 13.2. The molecular weight excluding hydrogens is 324 g/mol. The van der Waals surface area contributed by atoms with E-state index in [9.17, 15) is 9.59 Å². The third kappa shape index (κ3) is 3.36. The number of nitrogens with zero attached hydrogens (tertiary/aromatic N) is 1. The first-order chi connectivity index (χ1) is 12.3. The zero-order valence-electron chi connectivity index (χ0n) is 15.9. The summed E-state index contributed by atoms with van der Waals surface area (Å²) in [6, 6.07) is 16.0. The fourth-order valence-electron chi connectivity index (χ4n) is 3.38. The Labute approximate surface area is 155 Å². The summed E-state index contributed by atoms with van der Waals surface area (Å²) >= 11 is 0. The average molecular weight is 350 g/mol. The highest BCUT2D eigenvalue weighted by atomic mass is 16.2. The zero-order valence-corrected chi connectivity index (χ0v) is 15.9. The minimum absolute atomic E-state index is 0.0593. The molecule has 1 unspecified atom stereocenters. The number of hydrogen-bond acceptors (Lipinski definition) is 2. The van der Waals surface area contributed by atoms with E-state index in [-0.39, 0.29) is 17.9 Å². The van der Waals surface area contributed by atoms with Crippen LogP contribution >= 0.6 is 0 Å². The third-order valence-corrected chi connectivity index (χ3v) is 5.10. The first kappa shape index (κ1) is 18.2. The smallest absolute Gasteiger partial charge is 0.242 e. The molecule has 0 spiro atoms. The standard InChI is InChI=1S/C22H26N2O2/c1-15-9-11-17(12-10-15)14-23-20(25)22(3,4)21(26)24-16(2)13-18-7-5-6-8-19(18)24/h5-12,16H,13-14H2,1-4H3,(H,23,25). The highest BCUT2D eigenvalue weighted by molar-refractivity contribution is 6.12. The van der Waals surface area contributed by atoms with E-state index >= 15 is 0 Å². The van der Waals surface area contributed by atoms with Crippen molar-refractivity contribution in [3.8, 4) is 0 Å². The normalized spacial score (nSPS) is 16.3. The van der Waals surface area contributed by atoms with Gasteiger partial charge >= 0.3 is 0 Å². The first-order valence-electron chi connectivity index (χ1n) is 9.06. The maximum Gasteiger partial charge on any atom is 0.242 e. The van der Waals surface area contributed by atoms with Crippen molar-refractivity contribution in [2.75, 3.05) is 4.90 Å². The monoisotopic (exact) mass is 350 g/mol. The molecule has 2 aromatic rings. The molecule has 3 rings (SSSR count). The number of hydrogen-bond donors (Lipinski definition) is 1. The lowest BCUT2D eigenvalue weighted by atomic mass is 9.89. The van der Waals surface area contributed by atoms with Crippen LogP contribution in [0.1, 0.15) is 37.5 Å². The van der Waals surface area contributed by atoms with E-state index in [0.717, 1.165) is 23.2 Å². The average Bonchev–Trinajstić information content (AvgIpc) is 2.95. The third-order valence-electron chi connectivity index (χ3n) is 5.10. The van der Waals surface area contributed by atoms with Gasteiger partial charge in [-0.15, -0.1) is 0 Å². The van der Waals surface area contributed by atoms with Gasteiger partial charge in [0.05, 0.1) is 0 Å². The molecule has 4 heteroatoms. The van der Waals surface area contributed by atoms with Crippen molar-refractivity contribution in [3.05, 3.63) is 65.2 Å². The van der Waals surface area contributed by atoms with E-state index in [1.165, 1.54) is 5.56 Å². The molecule has 2 amide bonds. The molecule has 136 valence electrons. The second-order valence-corrected chi connectivity index (χ2v) is 7.65. The number of para-hydroxylation sites is 1. The van der Waals surface area contributed by atoms with Crippen LogP contribution in [-0.2, 0) is 22.6 Å². The summed E-state index contributed by atoms with van der Waals surface area (Å²) in [7, 11) is 0. The summed E-state index contributed by atoms with van der Waals surface area (Å²) in [5.41, 5.74) is 3.15. The van der Waals surface area contributed by atoms with Gasteiger partial charge in [0.25, 0.3) is 0 Å². The van der Waals surface area contributed by atoms with Crippen LogP contribution in [0.5, 0.6) is 0 Å². The summed E-state index contributed by atoms with van der Waals surface area (Å²) < 4.78 is 0. The van der Waals surface area contributed by atoms with E-state index in [2.05, 4.69) is 5.32 Å². The minimum atomic E-state index is -1.13. The van der Waals surface area contributed by atoms with Crippen molar-refractivity contribution in [2.45, 2.75) is 46.7 Å². The molecule has 0 fully saturated rings. The van der Waals surface area contributed by atoms with Crippen molar-refractivity contribution in [3.63, 3.8) is 0 Å². The van der Waals surface area contributed by atoms with Crippen molar-refractivity contribution < 1.29 is 9.59 Å². The van der Waals surface area contributed by atoms with Gasteiger partial charge in [0.1, 0.15) is 5.41 Å².